The van der Waals surface area contributed by atoms with Crippen LogP contribution in [0.4, 0.5) is 35.1 Å². The summed E-state index contributed by atoms with van der Waals surface area (Å²) < 4.78 is 143. The monoisotopic (exact) mass is 493 g/mol. The topological polar surface area (TPSA) is 110 Å². The van der Waals surface area contributed by atoms with Gasteiger partial charge in [0, 0.05) is 13.1 Å². The summed E-state index contributed by atoms with van der Waals surface area (Å²) >= 11 is 0. The zero-order chi connectivity index (χ0) is 24.5. The number of halogens is 8. The second kappa shape index (κ2) is 8.85. The van der Waals surface area contributed by atoms with E-state index in [2.05, 4.69) is 16.1 Å². The molecule has 1 aliphatic rings. The van der Waals surface area contributed by atoms with E-state index in [9.17, 15) is 53.1 Å². The molecule has 1 heterocycles. The first-order chi connectivity index (χ1) is 13.8. The van der Waals surface area contributed by atoms with Gasteiger partial charge in [0.15, 0.2) is 0 Å². The standard InChI is InChI=1S/C14H15F8NO7S/c1-8(13(17,18)19)9(24)30-12(14(20,21)22,10(25)23-5-3-2-4-6-23)29-7-11(15,16)31(26,27)28/h1-7H2,(H,26,27,28). The molecule has 1 unspecified atom stereocenters. The molecule has 180 valence electrons. The maximum Gasteiger partial charge on any atom is 0.466 e. The molecule has 0 aromatic heterocycles. The predicted molar refractivity (Wildman–Crippen MR) is 83.0 cm³/mol. The Balaban J connectivity index is 3.49. The summed E-state index contributed by atoms with van der Waals surface area (Å²) in [5.74, 6) is -10.3. The number of carbonyl (C=O) groups is 2. The highest BCUT2D eigenvalue weighted by atomic mass is 32.2. The van der Waals surface area contributed by atoms with Crippen LogP contribution in [0.2, 0.25) is 0 Å². The van der Waals surface area contributed by atoms with Crippen molar-refractivity contribution in [2.24, 2.45) is 0 Å². The second-order valence-electron chi connectivity index (χ2n) is 6.23. The molecule has 0 aromatic carbocycles. The van der Waals surface area contributed by atoms with Crippen molar-refractivity contribution in [2.45, 2.75) is 42.7 Å². The summed E-state index contributed by atoms with van der Waals surface area (Å²) in [5, 5.41) is -5.45. The normalized spacial score (nSPS) is 18.3. The van der Waals surface area contributed by atoms with Crippen molar-refractivity contribution in [3.8, 4) is 0 Å². The van der Waals surface area contributed by atoms with E-state index >= 15 is 0 Å². The molecule has 1 saturated heterocycles. The molecule has 1 aliphatic heterocycles. The third-order valence-corrected chi connectivity index (χ3v) is 4.82. The number of likely N-dealkylation sites (tertiary alicyclic amines) is 1. The van der Waals surface area contributed by atoms with Crippen LogP contribution >= 0.6 is 0 Å². The van der Waals surface area contributed by atoms with Crippen LogP contribution in [0.1, 0.15) is 19.3 Å². The molecule has 1 amide bonds. The van der Waals surface area contributed by atoms with Gasteiger partial charge in [-0.2, -0.15) is 43.5 Å². The summed E-state index contributed by atoms with van der Waals surface area (Å²) in [6.45, 7) is -1.56. The Morgan fingerprint density at radius 1 is 0.968 bits per heavy atom. The van der Waals surface area contributed by atoms with E-state index in [0.717, 1.165) is 0 Å². The number of hydrogen-bond acceptors (Lipinski definition) is 6. The summed E-state index contributed by atoms with van der Waals surface area (Å²) in [7, 11) is -6.38. The van der Waals surface area contributed by atoms with Gasteiger partial charge in [0.25, 0.3) is 0 Å². The van der Waals surface area contributed by atoms with Crippen LogP contribution in [0.3, 0.4) is 0 Å². The fraction of sp³-hybridized carbons (Fsp3) is 0.714. The van der Waals surface area contributed by atoms with Gasteiger partial charge >= 0.3 is 45.4 Å². The third-order valence-electron chi connectivity index (χ3n) is 3.94. The Kier molecular flexibility index (Phi) is 7.72. The minimum Gasteiger partial charge on any atom is -0.412 e. The first kappa shape index (κ1) is 27.0. The van der Waals surface area contributed by atoms with Gasteiger partial charge in [-0.15, -0.1) is 0 Å². The van der Waals surface area contributed by atoms with Crippen molar-refractivity contribution in [3.05, 3.63) is 12.2 Å². The lowest BCUT2D eigenvalue weighted by molar-refractivity contribution is -0.356. The first-order valence-electron chi connectivity index (χ1n) is 8.10. The highest BCUT2D eigenvalue weighted by molar-refractivity contribution is 7.86. The predicted octanol–water partition coefficient (Wildman–Crippen LogP) is 2.42. The van der Waals surface area contributed by atoms with Crippen molar-refractivity contribution in [1.82, 2.24) is 4.90 Å². The maximum atomic E-state index is 13.8. The number of piperidine rings is 1. The molecule has 17 heteroatoms. The molecule has 0 bridgehead atoms. The third kappa shape index (κ3) is 6.03. The summed E-state index contributed by atoms with van der Waals surface area (Å²) in [4.78, 5) is 24.4. The van der Waals surface area contributed by atoms with E-state index in [0.29, 0.717) is 11.3 Å². The van der Waals surface area contributed by atoms with Crippen molar-refractivity contribution in [2.75, 3.05) is 19.7 Å². The van der Waals surface area contributed by atoms with Gasteiger partial charge in [-0.05, 0) is 19.3 Å². The zero-order valence-electron chi connectivity index (χ0n) is 15.2. The number of nitrogens with zero attached hydrogens (tertiary/aromatic N) is 1. The van der Waals surface area contributed by atoms with Gasteiger partial charge in [0.05, 0.1) is 0 Å². The molecule has 0 aliphatic carbocycles. The number of rotatable bonds is 7. The van der Waals surface area contributed by atoms with Gasteiger partial charge in [-0.1, -0.05) is 6.58 Å². The average Bonchev–Trinajstić information content (AvgIpc) is 2.61. The highest BCUT2D eigenvalue weighted by Gasteiger charge is 2.69. The highest BCUT2D eigenvalue weighted by Crippen LogP contribution is 2.40. The number of carbonyl (C=O) groups excluding carboxylic acids is 2. The van der Waals surface area contributed by atoms with Crippen molar-refractivity contribution in [3.63, 3.8) is 0 Å². The minimum atomic E-state index is -6.38. The van der Waals surface area contributed by atoms with Gasteiger partial charge in [-0.3, -0.25) is 9.35 Å². The van der Waals surface area contributed by atoms with E-state index in [1.807, 2.05) is 0 Å². The first-order valence-corrected chi connectivity index (χ1v) is 9.54. The van der Waals surface area contributed by atoms with Crippen molar-refractivity contribution < 1.29 is 67.2 Å². The zero-order valence-corrected chi connectivity index (χ0v) is 16.0. The van der Waals surface area contributed by atoms with Crippen molar-refractivity contribution >= 4 is 22.0 Å². The molecule has 0 radical (unpaired) electrons. The summed E-state index contributed by atoms with van der Waals surface area (Å²) in [6.07, 6.45) is -11.2. The lowest BCUT2D eigenvalue weighted by Crippen LogP contribution is -2.64. The van der Waals surface area contributed by atoms with Gasteiger partial charge < -0.3 is 14.4 Å². The quantitative estimate of drug-likeness (QED) is 0.191. The molecule has 0 saturated carbocycles. The average molecular weight is 493 g/mol. The molecular formula is C14H15F8NO7S. The number of ether oxygens (including phenoxy) is 2. The Morgan fingerprint density at radius 2 is 1.45 bits per heavy atom. The Bertz CT molecular complexity index is 818. The van der Waals surface area contributed by atoms with Crippen molar-refractivity contribution in [1.29, 1.82) is 0 Å². The largest absolute Gasteiger partial charge is 0.466 e. The molecule has 31 heavy (non-hydrogen) atoms. The van der Waals surface area contributed by atoms with Crippen LogP contribution in [-0.4, -0.2) is 72.8 Å². The molecule has 0 spiro atoms. The Labute approximate surface area is 169 Å². The van der Waals surface area contributed by atoms with Crippen LogP contribution in [0.25, 0.3) is 0 Å². The number of esters is 1. The molecular weight excluding hydrogens is 478 g/mol. The van der Waals surface area contributed by atoms with Crippen LogP contribution in [0.5, 0.6) is 0 Å². The Hall–Kier alpha value is -2.01. The maximum absolute atomic E-state index is 13.8. The van der Waals surface area contributed by atoms with Crippen LogP contribution in [0.15, 0.2) is 12.2 Å². The van der Waals surface area contributed by atoms with Gasteiger partial charge in [-0.25, -0.2) is 4.79 Å². The molecule has 1 fully saturated rings. The lowest BCUT2D eigenvalue weighted by Gasteiger charge is -2.38. The van der Waals surface area contributed by atoms with Gasteiger partial charge in [0.1, 0.15) is 12.2 Å². The minimum absolute atomic E-state index is 0.115. The van der Waals surface area contributed by atoms with E-state index in [-0.39, 0.29) is 12.8 Å². The Morgan fingerprint density at radius 3 is 1.84 bits per heavy atom. The van der Waals surface area contributed by atoms with E-state index in [1.54, 1.807) is 0 Å². The molecule has 8 nitrogen and oxygen atoms in total. The lowest BCUT2D eigenvalue weighted by atomic mass is 10.1. The van der Waals surface area contributed by atoms with Crippen LogP contribution < -0.4 is 0 Å². The molecule has 0 aromatic rings. The van der Waals surface area contributed by atoms with Gasteiger partial charge in [0.2, 0.25) is 0 Å². The van der Waals surface area contributed by atoms with E-state index in [4.69, 9.17) is 4.55 Å². The molecule has 1 atom stereocenters. The van der Waals surface area contributed by atoms with Crippen LogP contribution in [0, 0.1) is 0 Å². The van der Waals surface area contributed by atoms with E-state index in [1.165, 1.54) is 0 Å². The molecule has 1 N–H and O–H groups in total. The van der Waals surface area contributed by atoms with Crippen LogP contribution in [-0.2, 0) is 29.2 Å². The second-order valence-corrected chi connectivity index (χ2v) is 7.78. The number of hydrogen-bond donors (Lipinski definition) is 1. The number of alkyl halides is 8. The fourth-order valence-corrected chi connectivity index (χ4v) is 2.48. The summed E-state index contributed by atoms with van der Waals surface area (Å²) in [6, 6.07) is 0. The van der Waals surface area contributed by atoms with E-state index < -0.39 is 70.7 Å². The number of amides is 1. The fourth-order valence-electron chi connectivity index (χ4n) is 2.27. The SMILES string of the molecule is C=C(C(=O)OC(OCC(F)(F)S(=O)(=O)O)(C(=O)N1CCCCC1)C(F)(F)F)C(F)(F)F. The molecule has 1 rings (SSSR count). The smallest absolute Gasteiger partial charge is 0.412 e. The summed E-state index contributed by atoms with van der Waals surface area (Å²) in [5.41, 5.74) is -2.53.